The number of fused-ring (bicyclic) bond motifs is 2. The molecule has 2 aromatic heterocycles. The van der Waals surface area contributed by atoms with Gasteiger partial charge < -0.3 is 14.7 Å². The largest absolute Gasteiger partial charge is 0.439 e. The molecule has 0 aliphatic carbocycles. The summed E-state index contributed by atoms with van der Waals surface area (Å²) in [5.41, 5.74) is 2.32. The number of hydrogen-bond acceptors (Lipinski definition) is 4. The van der Waals surface area contributed by atoms with Crippen LogP contribution < -0.4 is 5.32 Å². The Morgan fingerprint density at radius 3 is 2.73 bits per heavy atom. The first-order valence-corrected chi connectivity index (χ1v) is 10.9. The second-order valence-electron chi connectivity index (χ2n) is 8.42. The Morgan fingerprint density at radius 1 is 1.18 bits per heavy atom. The summed E-state index contributed by atoms with van der Waals surface area (Å²) in [6.45, 7) is 2.18. The fourth-order valence-electron chi connectivity index (χ4n) is 4.38. The minimum Gasteiger partial charge on any atom is -0.439 e. The van der Waals surface area contributed by atoms with Crippen LogP contribution in [-0.2, 0) is 24.1 Å². The van der Waals surface area contributed by atoms with E-state index in [-0.39, 0.29) is 18.4 Å². The average molecular weight is 456 g/mol. The molecule has 1 aliphatic heterocycles. The van der Waals surface area contributed by atoms with Gasteiger partial charge in [0.05, 0.1) is 12.1 Å². The number of oxazole rings is 1. The number of piperidine rings is 1. The van der Waals surface area contributed by atoms with Crippen LogP contribution in [0.2, 0.25) is 0 Å². The van der Waals surface area contributed by atoms with E-state index >= 15 is 0 Å². The molecule has 0 spiro atoms. The normalized spacial score (nSPS) is 16.0. The number of aromatic nitrogens is 2. The van der Waals surface area contributed by atoms with Gasteiger partial charge in [-0.3, -0.25) is 9.69 Å². The van der Waals surface area contributed by atoms with E-state index in [1.54, 1.807) is 6.20 Å². The quantitative estimate of drug-likeness (QED) is 0.450. The minimum atomic E-state index is -4.37. The van der Waals surface area contributed by atoms with Gasteiger partial charge in [0.1, 0.15) is 5.52 Å². The number of nitrogens with zero attached hydrogens (tertiary/aromatic N) is 2. The lowest BCUT2D eigenvalue weighted by atomic mass is 9.95. The zero-order valence-corrected chi connectivity index (χ0v) is 17.8. The predicted molar refractivity (Wildman–Crippen MR) is 117 cm³/mol. The SMILES string of the molecule is O=C(NCc1nc2ccccc2o1)C1CCN(Cc2c[nH]c3ccc(C(F)(F)F)cc23)CC1. The molecular formula is C24H23F3N4O2. The van der Waals surface area contributed by atoms with Crippen molar-refractivity contribution in [1.29, 1.82) is 0 Å². The number of nitrogens with one attached hydrogen (secondary N) is 2. The third kappa shape index (κ3) is 4.59. The number of benzene rings is 2. The lowest BCUT2D eigenvalue weighted by Crippen LogP contribution is -2.40. The molecule has 0 bridgehead atoms. The van der Waals surface area contributed by atoms with Crippen LogP contribution in [0.3, 0.4) is 0 Å². The van der Waals surface area contributed by atoms with Gasteiger partial charge in [0, 0.05) is 29.6 Å². The first kappa shape index (κ1) is 21.5. The van der Waals surface area contributed by atoms with E-state index in [2.05, 4.69) is 20.2 Å². The van der Waals surface area contributed by atoms with Gasteiger partial charge in [0.25, 0.3) is 0 Å². The van der Waals surface area contributed by atoms with Crippen molar-refractivity contribution in [2.75, 3.05) is 13.1 Å². The second-order valence-corrected chi connectivity index (χ2v) is 8.42. The second kappa shape index (κ2) is 8.55. The van der Waals surface area contributed by atoms with E-state index in [0.717, 1.165) is 17.1 Å². The van der Waals surface area contributed by atoms with E-state index in [1.165, 1.54) is 12.1 Å². The lowest BCUT2D eigenvalue weighted by molar-refractivity contribution is -0.137. The highest BCUT2D eigenvalue weighted by Gasteiger charge is 2.31. The molecule has 1 amide bonds. The summed E-state index contributed by atoms with van der Waals surface area (Å²) in [6.07, 6.45) is -1.22. The van der Waals surface area contributed by atoms with E-state index in [0.29, 0.717) is 54.9 Å². The molecule has 0 radical (unpaired) electrons. The molecule has 2 N–H and O–H groups in total. The van der Waals surface area contributed by atoms with Crippen molar-refractivity contribution in [1.82, 2.24) is 20.2 Å². The molecular weight excluding hydrogens is 433 g/mol. The number of carbonyl (C=O) groups excluding carboxylic acids is 1. The van der Waals surface area contributed by atoms with Crippen molar-refractivity contribution in [3.63, 3.8) is 0 Å². The first-order valence-electron chi connectivity index (χ1n) is 10.9. The van der Waals surface area contributed by atoms with E-state index in [4.69, 9.17) is 4.42 Å². The number of halogens is 3. The van der Waals surface area contributed by atoms with Crippen molar-refractivity contribution in [2.45, 2.75) is 32.1 Å². The highest BCUT2D eigenvalue weighted by Crippen LogP contribution is 2.33. The zero-order chi connectivity index (χ0) is 23.0. The molecule has 3 heterocycles. The fraction of sp³-hybridized carbons (Fsp3) is 0.333. The van der Waals surface area contributed by atoms with Crippen LogP contribution in [0.4, 0.5) is 13.2 Å². The maximum atomic E-state index is 13.1. The standard InChI is InChI=1S/C24H23F3N4O2/c25-24(26,27)17-5-6-19-18(11-17)16(12-28-19)14-31-9-7-15(8-10-31)23(32)29-13-22-30-20-3-1-2-4-21(20)33-22/h1-6,11-12,15,28H,7-10,13-14H2,(H,29,32). The van der Waals surface area contributed by atoms with Crippen LogP contribution in [0.25, 0.3) is 22.0 Å². The molecule has 4 aromatic rings. The Hall–Kier alpha value is -3.33. The Bertz CT molecular complexity index is 1250. The van der Waals surface area contributed by atoms with Gasteiger partial charge in [-0.05, 0) is 61.8 Å². The zero-order valence-electron chi connectivity index (χ0n) is 17.8. The molecule has 0 atom stereocenters. The van der Waals surface area contributed by atoms with Crippen molar-refractivity contribution >= 4 is 27.9 Å². The summed E-state index contributed by atoms with van der Waals surface area (Å²) >= 11 is 0. The van der Waals surface area contributed by atoms with Crippen molar-refractivity contribution in [3.8, 4) is 0 Å². The average Bonchev–Trinajstić information content (AvgIpc) is 3.41. The molecule has 1 aliphatic rings. The van der Waals surface area contributed by atoms with Gasteiger partial charge in [0.15, 0.2) is 5.58 Å². The topological polar surface area (TPSA) is 74.2 Å². The number of alkyl halides is 3. The summed E-state index contributed by atoms with van der Waals surface area (Å²) in [5, 5.41) is 3.50. The molecule has 1 saturated heterocycles. The minimum absolute atomic E-state index is 0.0289. The number of hydrogen-bond donors (Lipinski definition) is 2. The third-order valence-electron chi connectivity index (χ3n) is 6.20. The van der Waals surface area contributed by atoms with Crippen LogP contribution in [-0.4, -0.2) is 33.9 Å². The maximum Gasteiger partial charge on any atom is 0.416 e. The number of carbonyl (C=O) groups is 1. The highest BCUT2D eigenvalue weighted by atomic mass is 19.4. The van der Waals surface area contributed by atoms with Gasteiger partial charge in [-0.15, -0.1) is 0 Å². The number of rotatable bonds is 5. The lowest BCUT2D eigenvalue weighted by Gasteiger charge is -2.31. The van der Waals surface area contributed by atoms with Crippen LogP contribution >= 0.6 is 0 Å². The molecule has 0 saturated carbocycles. The van der Waals surface area contributed by atoms with Crippen molar-refractivity contribution < 1.29 is 22.4 Å². The Morgan fingerprint density at radius 2 is 1.97 bits per heavy atom. The summed E-state index contributed by atoms with van der Waals surface area (Å²) in [4.78, 5) is 22.2. The molecule has 172 valence electrons. The van der Waals surface area contributed by atoms with Crippen LogP contribution in [0.15, 0.2) is 53.1 Å². The van der Waals surface area contributed by atoms with E-state index in [1.807, 2.05) is 24.3 Å². The summed E-state index contributed by atoms with van der Waals surface area (Å²) in [5.74, 6) is 0.337. The number of aromatic amines is 1. The van der Waals surface area contributed by atoms with Gasteiger partial charge in [-0.25, -0.2) is 4.98 Å². The van der Waals surface area contributed by atoms with Crippen LogP contribution in [0.1, 0.15) is 29.9 Å². The third-order valence-corrected chi connectivity index (χ3v) is 6.20. The monoisotopic (exact) mass is 456 g/mol. The van der Waals surface area contributed by atoms with E-state index in [9.17, 15) is 18.0 Å². The van der Waals surface area contributed by atoms with Gasteiger partial charge in [-0.1, -0.05) is 12.1 Å². The molecule has 33 heavy (non-hydrogen) atoms. The Balaban J connectivity index is 1.16. The van der Waals surface area contributed by atoms with Gasteiger partial charge in [-0.2, -0.15) is 13.2 Å². The molecule has 2 aromatic carbocycles. The number of H-pyrrole nitrogens is 1. The summed E-state index contributed by atoms with van der Waals surface area (Å²) in [7, 11) is 0. The summed E-state index contributed by atoms with van der Waals surface area (Å²) in [6, 6.07) is 11.2. The number of para-hydroxylation sites is 2. The highest BCUT2D eigenvalue weighted by molar-refractivity contribution is 5.84. The fourth-order valence-corrected chi connectivity index (χ4v) is 4.38. The van der Waals surface area contributed by atoms with Crippen molar-refractivity contribution in [2.24, 2.45) is 5.92 Å². The maximum absolute atomic E-state index is 13.1. The number of amides is 1. The molecule has 0 unspecified atom stereocenters. The predicted octanol–water partition coefficient (Wildman–Crippen LogP) is 4.86. The van der Waals surface area contributed by atoms with Crippen LogP contribution in [0, 0.1) is 5.92 Å². The molecule has 9 heteroatoms. The first-order chi connectivity index (χ1) is 15.9. The molecule has 5 rings (SSSR count). The summed E-state index contributed by atoms with van der Waals surface area (Å²) < 4.78 is 44.9. The molecule has 1 fully saturated rings. The van der Waals surface area contributed by atoms with E-state index < -0.39 is 11.7 Å². The Labute approximate surface area is 187 Å². The Kier molecular flexibility index (Phi) is 5.57. The number of likely N-dealkylation sites (tertiary alicyclic amines) is 1. The van der Waals surface area contributed by atoms with Crippen molar-refractivity contribution in [3.05, 3.63) is 65.7 Å². The molecule has 6 nitrogen and oxygen atoms in total. The van der Waals surface area contributed by atoms with Crippen LogP contribution in [0.5, 0.6) is 0 Å². The smallest absolute Gasteiger partial charge is 0.416 e. The van der Waals surface area contributed by atoms with Gasteiger partial charge >= 0.3 is 6.18 Å². The van der Waals surface area contributed by atoms with Gasteiger partial charge in [0.2, 0.25) is 11.8 Å².